The summed E-state index contributed by atoms with van der Waals surface area (Å²) in [5.41, 5.74) is 2.27. The molecule has 0 bridgehead atoms. The molecule has 2 aromatic heterocycles. The van der Waals surface area contributed by atoms with E-state index in [1.54, 1.807) is 12.1 Å². The molecule has 1 N–H and O–H groups in total. The summed E-state index contributed by atoms with van der Waals surface area (Å²) in [6.07, 6.45) is 1.45. The molecule has 2 heterocycles. The van der Waals surface area contributed by atoms with E-state index in [2.05, 4.69) is 15.3 Å². The monoisotopic (exact) mass is 378 g/mol. The van der Waals surface area contributed by atoms with Crippen LogP contribution in [0.4, 0.5) is 17.2 Å². The van der Waals surface area contributed by atoms with E-state index in [0.717, 1.165) is 21.3 Å². The number of hydrogen-bond acceptors (Lipinski definition) is 7. The minimum Gasteiger partial charge on any atom is -0.496 e. The third kappa shape index (κ3) is 3.18. The van der Waals surface area contributed by atoms with Gasteiger partial charge in [0.05, 0.1) is 23.5 Å². The zero-order chi connectivity index (χ0) is 18.8. The van der Waals surface area contributed by atoms with Crippen LogP contribution in [-0.4, -0.2) is 22.0 Å². The second kappa shape index (κ2) is 7.00. The van der Waals surface area contributed by atoms with E-state index in [9.17, 15) is 10.1 Å². The smallest absolute Gasteiger partial charge is 0.296 e. The molecule has 0 saturated carbocycles. The predicted octanol–water partition coefficient (Wildman–Crippen LogP) is 5.02. The number of nitro groups is 1. The van der Waals surface area contributed by atoms with Gasteiger partial charge in [0.1, 0.15) is 28.4 Å². The van der Waals surface area contributed by atoms with Crippen molar-refractivity contribution < 1.29 is 9.66 Å². The second-order valence-corrected chi connectivity index (χ2v) is 6.54. The summed E-state index contributed by atoms with van der Waals surface area (Å²) in [5.74, 6) is 0.939. The van der Waals surface area contributed by atoms with Crippen molar-refractivity contribution >= 4 is 38.7 Å². The number of ether oxygens (including phenoxy) is 1. The highest BCUT2D eigenvalue weighted by Gasteiger charge is 2.19. The molecule has 0 atom stereocenters. The summed E-state index contributed by atoms with van der Waals surface area (Å²) >= 11 is 1.51. The minimum absolute atomic E-state index is 0.0856. The highest BCUT2D eigenvalue weighted by atomic mass is 32.1. The van der Waals surface area contributed by atoms with E-state index in [0.29, 0.717) is 17.3 Å². The molecular weight excluding hydrogens is 364 g/mol. The lowest BCUT2D eigenvalue weighted by atomic mass is 10.1. The quantitative estimate of drug-likeness (QED) is 0.387. The molecule has 27 heavy (non-hydrogen) atoms. The molecule has 0 radical (unpaired) electrons. The lowest BCUT2D eigenvalue weighted by Gasteiger charge is -2.10. The molecule has 8 heteroatoms. The van der Waals surface area contributed by atoms with Crippen molar-refractivity contribution in [3.8, 4) is 16.9 Å². The first kappa shape index (κ1) is 16.9. The van der Waals surface area contributed by atoms with Gasteiger partial charge < -0.3 is 10.1 Å². The van der Waals surface area contributed by atoms with Crippen LogP contribution in [0.1, 0.15) is 0 Å². The summed E-state index contributed by atoms with van der Waals surface area (Å²) in [6.45, 7) is 0. The van der Waals surface area contributed by atoms with Gasteiger partial charge in [-0.2, -0.15) is 0 Å². The molecule has 0 fully saturated rings. The van der Waals surface area contributed by atoms with E-state index in [1.165, 1.54) is 30.8 Å². The number of anilines is 2. The molecule has 7 nitrogen and oxygen atoms in total. The molecule has 0 aliphatic carbocycles. The number of thiophene rings is 1. The molecule has 2 aromatic carbocycles. The summed E-state index contributed by atoms with van der Waals surface area (Å²) < 4.78 is 5.09. The standard InChI is InChI=1S/C19H14N4O3S/c1-26-13-7-8-15(16(9-13)23(24)25)22-18-17-14(12-5-3-2-4-6-12)10-27-19(17)21-11-20-18/h2-11H,1H3,(H,20,21,22). The number of fused-ring (bicyclic) bond motifs is 1. The average molecular weight is 378 g/mol. The van der Waals surface area contributed by atoms with Crippen LogP contribution in [0.5, 0.6) is 5.75 Å². The van der Waals surface area contributed by atoms with Crippen LogP contribution in [-0.2, 0) is 0 Å². The average Bonchev–Trinajstić information content (AvgIpc) is 3.14. The highest BCUT2D eigenvalue weighted by molar-refractivity contribution is 7.17. The fourth-order valence-electron chi connectivity index (χ4n) is 2.82. The van der Waals surface area contributed by atoms with Crippen LogP contribution >= 0.6 is 11.3 Å². The third-order valence-electron chi connectivity index (χ3n) is 4.11. The van der Waals surface area contributed by atoms with Crippen molar-refractivity contribution in [2.45, 2.75) is 0 Å². The second-order valence-electron chi connectivity index (χ2n) is 5.68. The maximum atomic E-state index is 11.5. The van der Waals surface area contributed by atoms with Crippen LogP contribution in [0.2, 0.25) is 0 Å². The maximum absolute atomic E-state index is 11.5. The van der Waals surface area contributed by atoms with E-state index in [4.69, 9.17) is 4.74 Å². The predicted molar refractivity (Wildman–Crippen MR) is 106 cm³/mol. The van der Waals surface area contributed by atoms with Crippen molar-refractivity contribution in [3.05, 3.63) is 70.4 Å². The Balaban J connectivity index is 1.84. The van der Waals surface area contributed by atoms with E-state index in [-0.39, 0.29) is 5.69 Å². The Morgan fingerprint density at radius 3 is 2.70 bits per heavy atom. The topological polar surface area (TPSA) is 90.2 Å². The number of nitrogens with one attached hydrogen (secondary N) is 1. The van der Waals surface area contributed by atoms with Crippen LogP contribution in [0.25, 0.3) is 21.3 Å². The summed E-state index contributed by atoms with van der Waals surface area (Å²) in [4.78, 5) is 20.5. The van der Waals surface area contributed by atoms with Gasteiger partial charge in [0.25, 0.3) is 5.69 Å². The molecule has 4 rings (SSSR count). The highest BCUT2D eigenvalue weighted by Crippen LogP contribution is 2.39. The van der Waals surface area contributed by atoms with Gasteiger partial charge in [-0.3, -0.25) is 10.1 Å². The summed E-state index contributed by atoms with van der Waals surface area (Å²) in [6, 6.07) is 14.6. The fraction of sp³-hybridized carbons (Fsp3) is 0.0526. The summed E-state index contributed by atoms with van der Waals surface area (Å²) in [5, 5.41) is 17.4. The normalized spacial score (nSPS) is 10.7. The van der Waals surface area contributed by atoms with Gasteiger partial charge in [-0.1, -0.05) is 30.3 Å². The number of nitro benzene ring substituents is 1. The van der Waals surface area contributed by atoms with Gasteiger partial charge in [0.2, 0.25) is 0 Å². The first-order valence-corrected chi connectivity index (χ1v) is 8.92. The van der Waals surface area contributed by atoms with Gasteiger partial charge in [0, 0.05) is 10.9 Å². The fourth-order valence-corrected chi connectivity index (χ4v) is 3.74. The number of methoxy groups -OCH3 is 1. The first-order chi connectivity index (χ1) is 13.2. The number of nitrogens with zero attached hydrogens (tertiary/aromatic N) is 3. The van der Waals surface area contributed by atoms with Crippen molar-refractivity contribution in [1.82, 2.24) is 9.97 Å². The SMILES string of the molecule is COc1ccc(Nc2ncnc3scc(-c4ccccc4)c23)c([N+](=O)[O-])c1. The van der Waals surface area contributed by atoms with Crippen molar-refractivity contribution in [2.24, 2.45) is 0 Å². The number of hydrogen-bond donors (Lipinski definition) is 1. The Bertz CT molecular complexity index is 1130. The van der Waals surface area contributed by atoms with E-state index >= 15 is 0 Å². The van der Waals surface area contributed by atoms with Crippen LogP contribution in [0.15, 0.2) is 60.2 Å². The van der Waals surface area contributed by atoms with Crippen molar-refractivity contribution in [3.63, 3.8) is 0 Å². The number of aromatic nitrogens is 2. The van der Waals surface area contributed by atoms with Crippen LogP contribution in [0.3, 0.4) is 0 Å². The minimum atomic E-state index is -0.449. The molecule has 0 unspecified atom stereocenters. The van der Waals surface area contributed by atoms with Gasteiger partial charge in [-0.15, -0.1) is 11.3 Å². The molecule has 0 spiro atoms. The summed E-state index contributed by atoms with van der Waals surface area (Å²) in [7, 11) is 1.47. The molecule has 4 aromatic rings. The third-order valence-corrected chi connectivity index (χ3v) is 5.00. The zero-order valence-electron chi connectivity index (χ0n) is 14.2. The zero-order valence-corrected chi connectivity index (χ0v) is 15.1. The molecule has 0 saturated heterocycles. The van der Waals surface area contributed by atoms with Crippen LogP contribution < -0.4 is 10.1 Å². The molecule has 0 aliphatic heterocycles. The van der Waals surface area contributed by atoms with Crippen molar-refractivity contribution in [2.75, 3.05) is 12.4 Å². The molecule has 0 aliphatic rings. The van der Waals surface area contributed by atoms with E-state index in [1.807, 2.05) is 35.7 Å². The molecular formula is C19H14N4O3S. The van der Waals surface area contributed by atoms with Gasteiger partial charge >= 0.3 is 0 Å². The Hall–Kier alpha value is -3.52. The Kier molecular flexibility index (Phi) is 4.39. The largest absolute Gasteiger partial charge is 0.496 e. The number of rotatable bonds is 5. The Morgan fingerprint density at radius 2 is 1.96 bits per heavy atom. The lowest BCUT2D eigenvalue weighted by molar-refractivity contribution is -0.384. The van der Waals surface area contributed by atoms with Gasteiger partial charge in [-0.25, -0.2) is 9.97 Å². The van der Waals surface area contributed by atoms with Crippen molar-refractivity contribution in [1.29, 1.82) is 0 Å². The van der Waals surface area contributed by atoms with E-state index < -0.39 is 4.92 Å². The molecule has 0 amide bonds. The van der Waals surface area contributed by atoms with Gasteiger partial charge in [0.15, 0.2) is 0 Å². The molecule has 134 valence electrons. The maximum Gasteiger partial charge on any atom is 0.296 e. The first-order valence-electron chi connectivity index (χ1n) is 8.04. The lowest BCUT2D eigenvalue weighted by Crippen LogP contribution is -2.00. The van der Waals surface area contributed by atoms with Gasteiger partial charge in [-0.05, 0) is 17.7 Å². The Morgan fingerprint density at radius 1 is 1.15 bits per heavy atom. The number of benzene rings is 2. The van der Waals surface area contributed by atoms with Crippen LogP contribution in [0, 0.1) is 10.1 Å². The Labute approximate surface area is 158 Å².